The number of nitrogens with one attached hydrogen (secondary N) is 4. The lowest BCUT2D eigenvalue weighted by Crippen LogP contribution is -2.53. The van der Waals surface area contributed by atoms with Crippen molar-refractivity contribution in [2.75, 3.05) is 13.2 Å². The van der Waals surface area contributed by atoms with E-state index in [9.17, 15) is 34.2 Å². The first-order chi connectivity index (χ1) is 25.5. The molecule has 0 radical (unpaired) electrons. The van der Waals surface area contributed by atoms with Gasteiger partial charge in [-0.3, -0.25) is 14.4 Å². The van der Waals surface area contributed by atoms with Crippen molar-refractivity contribution in [3.05, 3.63) is 90.5 Å². The van der Waals surface area contributed by atoms with Crippen LogP contribution in [0.5, 0.6) is 5.75 Å². The van der Waals surface area contributed by atoms with Crippen LogP contribution in [0, 0.1) is 11.8 Å². The first-order valence-electron chi connectivity index (χ1n) is 18.0. The third kappa shape index (κ3) is 15.4. The minimum absolute atomic E-state index is 0.00468. The Morgan fingerprint density at radius 2 is 1.50 bits per heavy atom. The lowest BCUT2D eigenvalue weighted by Gasteiger charge is -2.32. The van der Waals surface area contributed by atoms with Crippen LogP contribution in [-0.2, 0) is 46.2 Å². The fourth-order valence-electron chi connectivity index (χ4n) is 5.62. The van der Waals surface area contributed by atoms with Gasteiger partial charge >= 0.3 is 12.1 Å². The molecule has 54 heavy (non-hydrogen) atoms. The Labute approximate surface area is 316 Å². The zero-order valence-electron chi connectivity index (χ0n) is 31.6. The maximum Gasteiger partial charge on any atom is 0.408 e. The van der Waals surface area contributed by atoms with Crippen LogP contribution in [0.4, 0.5) is 4.79 Å². The standard InChI is InChI=1S/C40H54N4O10/c1-7-19-52-38-28(23-34(46)42-32(21-26-11-9-8-10-12-26)36(48)43-33(37(49)50)20-25(2)3)15-18-30(53-38)24-41-35(47)31(44-39(51)54-40(4,5)6)22-27-13-16-29(45)17-14-27/h7-18,25,28,30-33,38,45H,1,19-24H2,2-6H3,(H,41,47)(H,42,46)(H,43,48)(H,44,51)(H,49,50)/t28-,30+,31-,32+,33+,38+/m1/s1. The third-order valence-electron chi connectivity index (χ3n) is 8.15. The van der Waals surface area contributed by atoms with E-state index in [2.05, 4.69) is 27.8 Å². The van der Waals surface area contributed by atoms with E-state index >= 15 is 0 Å². The van der Waals surface area contributed by atoms with Crippen LogP contribution in [0.25, 0.3) is 0 Å². The summed E-state index contributed by atoms with van der Waals surface area (Å²) < 4.78 is 17.4. The summed E-state index contributed by atoms with van der Waals surface area (Å²) in [6.45, 7) is 12.6. The predicted octanol–water partition coefficient (Wildman–Crippen LogP) is 3.78. The SMILES string of the molecule is C=CCO[C@H]1O[C@H](CNC(=O)[C@@H](Cc2ccc(O)cc2)NC(=O)OC(C)(C)C)C=C[C@@H]1CC(=O)N[C@@H](Cc1ccccc1)C(=O)N[C@@H](CC(C)C)C(=O)O. The largest absolute Gasteiger partial charge is 0.508 e. The van der Waals surface area contributed by atoms with E-state index in [1.54, 1.807) is 45.1 Å². The number of carbonyl (C=O) groups excluding carboxylic acids is 4. The van der Waals surface area contributed by atoms with Gasteiger partial charge in [0, 0.05) is 31.7 Å². The highest BCUT2D eigenvalue weighted by Crippen LogP contribution is 2.24. The summed E-state index contributed by atoms with van der Waals surface area (Å²) in [5, 5.41) is 30.2. The van der Waals surface area contributed by atoms with Crippen molar-refractivity contribution in [2.24, 2.45) is 11.8 Å². The molecule has 0 aromatic heterocycles. The second-order valence-corrected chi connectivity index (χ2v) is 14.6. The number of ether oxygens (including phenoxy) is 3. The van der Waals surface area contributed by atoms with Gasteiger partial charge in [0.15, 0.2) is 6.29 Å². The van der Waals surface area contributed by atoms with Crippen LogP contribution >= 0.6 is 0 Å². The number of aromatic hydroxyl groups is 1. The minimum atomic E-state index is -1.16. The highest BCUT2D eigenvalue weighted by molar-refractivity contribution is 5.90. The van der Waals surface area contributed by atoms with Gasteiger partial charge in [0.25, 0.3) is 0 Å². The summed E-state index contributed by atoms with van der Waals surface area (Å²) in [4.78, 5) is 64.7. The number of hydrogen-bond acceptors (Lipinski definition) is 9. The summed E-state index contributed by atoms with van der Waals surface area (Å²) >= 11 is 0. The van der Waals surface area contributed by atoms with E-state index in [0.29, 0.717) is 5.56 Å². The van der Waals surface area contributed by atoms with Crippen molar-refractivity contribution in [1.29, 1.82) is 0 Å². The first-order valence-corrected chi connectivity index (χ1v) is 18.0. The molecule has 0 fully saturated rings. The predicted molar refractivity (Wildman–Crippen MR) is 201 cm³/mol. The normalized spacial score (nSPS) is 18.4. The molecule has 14 heteroatoms. The van der Waals surface area contributed by atoms with Crippen LogP contribution in [0.2, 0.25) is 0 Å². The summed E-state index contributed by atoms with van der Waals surface area (Å²) in [5.74, 6) is -3.27. The zero-order valence-corrected chi connectivity index (χ0v) is 31.6. The van der Waals surface area contributed by atoms with Crippen LogP contribution in [-0.4, -0.2) is 89.3 Å². The molecular weight excluding hydrogens is 696 g/mol. The Morgan fingerprint density at radius 1 is 0.870 bits per heavy atom. The Bertz CT molecular complexity index is 1590. The summed E-state index contributed by atoms with van der Waals surface area (Å²) in [6.07, 6.45) is 2.97. The lowest BCUT2D eigenvalue weighted by molar-refractivity contribution is -0.182. The van der Waals surface area contributed by atoms with E-state index in [1.807, 2.05) is 44.2 Å². The minimum Gasteiger partial charge on any atom is -0.508 e. The third-order valence-corrected chi connectivity index (χ3v) is 8.15. The quantitative estimate of drug-likeness (QED) is 0.115. The van der Waals surface area contributed by atoms with Gasteiger partial charge < -0.3 is 45.7 Å². The molecule has 2 aromatic rings. The number of phenolic OH excluding ortho intramolecular Hbond substituents is 1. The van der Waals surface area contributed by atoms with Crippen LogP contribution in [0.3, 0.4) is 0 Å². The molecule has 0 saturated heterocycles. The second-order valence-electron chi connectivity index (χ2n) is 14.6. The van der Waals surface area contributed by atoms with E-state index in [-0.39, 0.29) is 50.5 Å². The molecule has 6 atom stereocenters. The molecule has 0 spiro atoms. The molecule has 1 heterocycles. The summed E-state index contributed by atoms with van der Waals surface area (Å²) in [6, 6.07) is 12.1. The molecule has 2 aromatic carbocycles. The Balaban J connectivity index is 1.70. The molecule has 6 N–H and O–H groups in total. The van der Waals surface area contributed by atoms with Crippen molar-refractivity contribution in [3.8, 4) is 5.75 Å². The lowest BCUT2D eigenvalue weighted by atomic mass is 9.98. The van der Waals surface area contributed by atoms with E-state index in [1.165, 1.54) is 18.2 Å². The first kappa shape index (κ1) is 43.2. The van der Waals surface area contributed by atoms with Crippen molar-refractivity contribution >= 4 is 29.8 Å². The number of rotatable bonds is 19. The number of phenols is 1. The second kappa shape index (κ2) is 20.9. The molecule has 14 nitrogen and oxygen atoms in total. The average Bonchev–Trinajstić information content (AvgIpc) is 3.09. The van der Waals surface area contributed by atoms with Crippen LogP contribution in [0.15, 0.2) is 79.4 Å². The van der Waals surface area contributed by atoms with E-state index in [4.69, 9.17) is 14.2 Å². The number of carbonyl (C=O) groups is 5. The molecule has 0 aliphatic carbocycles. The number of carboxylic acid groups (broad SMARTS) is 1. The Kier molecular flexibility index (Phi) is 16.7. The van der Waals surface area contributed by atoms with Gasteiger partial charge in [-0.05, 0) is 56.4 Å². The smallest absolute Gasteiger partial charge is 0.408 e. The number of aliphatic carboxylic acids is 1. The van der Waals surface area contributed by atoms with Gasteiger partial charge in [-0.1, -0.05) is 74.5 Å². The highest BCUT2D eigenvalue weighted by Gasteiger charge is 2.33. The number of hydrogen-bond donors (Lipinski definition) is 6. The van der Waals surface area contributed by atoms with Crippen molar-refractivity contribution in [1.82, 2.24) is 21.3 Å². The molecule has 1 aliphatic heterocycles. The van der Waals surface area contributed by atoms with Gasteiger partial charge in [0.2, 0.25) is 17.7 Å². The summed E-state index contributed by atoms with van der Waals surface area (Å²) in [7, 11) is 0. The van der Waals surface area contributed by atoms with Gasteiger partial charge in [0.05, 0.1) is 12.7 Å². The fourth-order valence-corrected chi connectivity index (χ4v) is 5.62. The Hall–Kier alpha value is -5.21. The molecule has 4 amide bonds. The van der Waals surface area contributed by atoms with Gasteiger partial charge in [-0.25, -0.2) is 9.59 Å². The topological polar surface area (TPSA) is 202 Å². The Morgan fingerprint density at radius 3 is 2.09 bits per heavy atom. The maximum absolute atomic E-state index is 13.5. The average molecular weight is 751 g/mol. The van der Waals surface area contributed by atoms with Gasteiger partial charge in [-0.2, -0.15) is 0 Å². The number of carboxylic acids is 1. The fraction of sp³-hybridized carbons (Fsp3) is 0.475. The highest BCUT2D eigenvalue weighted by atomic mass is 16.7. The number of amides is 4. The molecular formula is C40H54N4O10. The monoisotopic (exact) mass is 750 g/mol. The number of benzene rings is 2. The van der Waals surface area contributed by atoms with Crippen molar-refractivity contribution in [2.45, 2.75) is 96.4 Å². The van der Waals surface area contributed by atoms with Gasteiger partial charge in [-0.15, -0.1) is 6.58 Å². The zero-order chi connectivity index (χ0) is 39.8. The molecule has 1 aliphatic rings. The molecule has 0 bridgehead atoms. The van der Waals surface area contributed by atoms with E-state index in [0.717, 1.165) is 5.56 Å². The maximum atomic E-state index is 13.5. The molecule has 0 unspecified atom stereocenters. The van der Waals surface area contributed by atoms with Gasteiger partial charge in [0.1, 0.15) is 29.5 Å². The van der Waals surface area contributed by atoms with Crippen molar-refractivity contribution in [3.63, 3.8) is 0 Å². The molecule has 3 rings (SSSR count). The molecule has 0 saturated carbocycles. The van der Waals surface area contributed by atoms with E-state index < -0.39 is 71.8 Å². The summed E-state index contributed by atoms with van der Waals surface area (Å²) in [5.41, 5.74) is 0.681. The van der Waals surface area contributed by atoms with Crippen LogP contribution in [0.1, 0.15) is 58.6 Å². The number of alkyl carbamates (subject to hydrolysis) is 1. The molecule has 294 valence electrons. The van der Waals surface area contributed by atoms with Crippen LogP contribution < -0.4 is 21.3 Å². The van der Waals surface area contributed by atoms with Crippen molar-refractivity contribution < 1.29 is 48.4 Å².